The van der Waals surface area contributed by atoms with E-state index in [0.717, 1.165) is 10.9 Å². The van der Waals surface area contributed by atoms with Crippen molar-refractivity contribution in [1.29, 1.82) is 0 Å². The molecule has 1 N–H and O–H groups in total. The second-order valence-electron chi connectivity index (χ2n) is 3.62. The molecule has 1 heterocycles. The second kappa shape index (κ2) is 4.37. The monoisotopic (exact) mass is 231 g/mol. The smallest absolute Gasteiger partial charge is 0.340 e. The third-order valence-corrected chi connectivity index (χ3v) is 2.51. The zero-order chi connectivity index (χ0) is 12.4. The summed E-state index contributed by atoms with van der Waals surface area (Å²) in [5.41, 5.74) is 1.91. The molecule has 0 saturated carbocycles. The number of methoxy groups -OCH3 is 1. The van der Waals surface area contributed by atoms with Crippen molar-refractivity contribution in [2.75, 3.05) is 19.5 Å². The maximum atomic E-state index is 11.6. The molecule has 2 aromatic rings. The number of esters is 1. The molecule has 1 aromatic carbocycles. The van der Waals surface area contributed by atoms with Crippen LogP contribution in [0, 0.1) is 6.92 Å². The fourth-order valence-electron chi connectivity index (χ4n) is 1.66. The SMILES string of the molecule is CNc1cc2cnc(C)nc2cc1C(=O)OC. The minimum absolute atomic E-state index is 0.382. The third-order valence-electron chi connectivity index (χ3n) is 2.51. The largest absolute Gasteiger partial charge is 0.465 e. The average molecular weight is 231 g/mol. The highest BCUT2D eigenvalue weighted by molar-refractivity contribution is 6.00. The molecule has 0 atom stereocenters. The van der Waals surface area contributed by atoms with Crippen molar-refractivity contribution in [1.82, 2.24) is 9.97 Å². The normalized spacial score (nSPS) is 10.3. The molecular weight excluding hydrogens is 218 g/mol. The minimum Gasteiger partial charge on any atom is -0.465 e. The number of rotatable bonds is 2. The number of fused-ring (bicyclic) bond motifs is 1. The maximum Gasteiger partial charge on any atom is 0.340 e. The van der Waals surface area contributed by atoms with Crippen molar-refractivity contribution in [2.45, 2.75) is 6.92 Å². The number of carbonyl (C=O) groups is 1. The van der Waals surface area contributed by atoms with Gasteiger partial charge in [0.25, 0.3) is 0 Å². The molecule has 0 amide bonds. The van der Waals surface area contributed by atoms with Crippen LogP contribution in [0.25, 0.3) is 10.9 Å². The zero-order valence-corrected chi connectivity index (χ0v) is 9.94. The minimum atomic E-state index is -0.382. The molecule has 17 heavy (non-hydrogen) atoms. The van der Waals surface area contributed by atoms with E-state index in [9.17, 15) is 4.79 Å². The van der Waals surface area contributed by atoms with Crippen molar-refractivity contribution < 1.29 is 9.53 Å². The van der Waals surface area contributed by atoms with Crippen molar-refractivity contribution in [3.8, 4) is 0 Å². The van der Waals surface area contributed by atoms with Gasteiger partial charge >= 0.3 is 5.97 Å². The van der Waals surface area contributed by atoms with Gasteiger partial charge in [-0.1, -0.05) is 0 Å². The Balaban J connectivity index is 2.69. The van der Waals surface area contributed by atoms with Crippen LogP contribution in [0.1, 0.15) is 16.2 Å². The van der Waals surface area contributed by atoms with Gasteiger partial charge < -0.3 is 10.1 Å². The van der Waals surface area contributed by atoms with Gasteiger partial charge in [-0.3, -0.25) is 0 Å². The van der Waals surface area contributed by atoms with Crippen LogP contribution < -0.4 is 5.32 Å². The highest BCUT2D eigenvalue weighted by Gasteiger charge is 2.13. The number of aromatic nitrogens is 2. The first kappa shape index (κ1) is 11.3. The Kier molecular flexibility index (Phi) is 2.91. The molecule has 5 heteroatoms. The van der Waals surface area contributed by atoms with Gasteiger partial charge in [0.05, 0.1) is 18.2 Å². The summed E-state index contributed by atoms with van der Waals surface area (Å²) in [5, 5.41) is 3.84. The maximum absolute atomic E-state index is 11.6. The Morgan fingerprint density at radius 1 is 1.41 bits per heavy atom. The lowest BCUT2D eigenvalue weighted by Crippen LogP contribution is -2.06. The van der Waals surface area contributed by atoms with Crippen LogP contribution in [0.4, 0.5) is 5.69 Å². The highest BCUT2D eigenvalue weighted by atomic mass is 16.5. The molecule has 0 aliphatic heterocycles. The quantitative estimate of drug-likeness (QED) is 0.798. The molecule has 88 valence electrons. The van der Waals surface area contributed by atoms with Crippen molar-refractivity contribution in [3.05, 3.63) is 29.7 Å². The summed E-state index contributed by atoms with van der Waals surface area (Å²) < 4.78 is 4.74. The van der Waals surface area contributed by atoms with Gasteiger partial charge in [0.1, 0.15) is 5.82 Å². The lowest BCUT2D eigenvalue weighted by atomic mass is 10.1. The molecular formula is C12H13N3O2. The number of hydrogen-bond acceptors (Lipinski definition) is 5. The van der Waals surface area contributed by atoms with Gasteiger partial charge in [-0.15, -0.1) is 0 Å². The summed E-state index contributed by atoms with van der Waals surface area (Å²) in [6, 6.07) is 3.54. The molecule has 0 unspecified atom stereocenters. The molecule has 0 spiro atoms. The van der Waals surface area contributed by atoms with Gasteiger partial charge in [-0.2, -0.15) is 0 Å². The van der Waals surface area contributed by atoms with Crippen molar-refractivity contribution in [2.24, 2.45) is 0 Å². The average Bonchev–Trinajstić information content (AvgIpc) is 2.36. The third kappa shape index (κ3) is 2.04. The predicted octanol–water partition coefficient (Wildman–Crippen LogP) is 1.77. The number of ether oxygens (including phenoxy) is 1. The van der Waals surface area contributed by atoms with Gasteiger partial charge in [0, 0.05) is 24.3 Å². The summed E-state index contributed by atoms with van der Waals surface area (Å²) in [7, 11) is 3.11. The lowest BCUT2D eigenvalue weighted by molar-refractivity contribution is 0.0602. The Hall–Kier alpha value is -2.17. The number of nitrogens with one attached hydrogen (secondary N) is 1. The zero-order valence-electron chi connectivity index (χ0n) is 9.94. The Bertz CT molecular complexity index is 581. The van der Waals surface area contributed by atoms with E-state index in [4.69, 9.17) is 4.74 Å². The number of aryl methyl sites for hydroxylation is 1. The van der Waals surface area contributed by atoms with Crippen molar-refractivity contribution in [3.63, 3.8) is 0 Å². The number of hydrogen-bond donors (Lipinski definition) is 1. The van der Waals surface area contributed by atoms with Gasteiger partial charge in [-0.25, -0.2) is 14.8 Å². The van der Waals surface area contributed by atoms with Crippen LogP contribution >= 0.6 is 0 Å². The first-order valence-electron chi connectivity index (χ1n) is 5.19. The van der Waals surface area contributed by atoms with Crippen LogP contribution in [-0.4, -0.2) is 30.1 Å². The van der Waals surface area contributed by atoms with E-state index in [1.807, 2.05) is 13.0 Å². The fourth-order valence-corrected chi connectivity index (χ4v) is 1.66. The van der Waals surface area contributed by atoms with Crippen LogP contribution in [-0.2, 0) is 4.74 Å². The fraction of sp³-hybridized carbons (Fsp3) is 0.250. The van der Waals surface area contributed by atoms with Crippen molar-refractivity contribution >= 4 is 22.6 Å². The molecule has 0 saturated heterocycles. The standard InChI is InChI=1S/C12H13N3O2/c1-7-14-6-8-4-11(13-2)9(12(16)17-3)5-10(8)15-7/h4-6,13H,1-3H3. The summed E-state index contributed by atoms with van der Waals surface area (Å²) >= 11 is 0. The molecule has 5 nitrogen and oxygen atoms in total. The van der Waals surface area contributed by atoms with Gasteiger partial charge in [0.15, 0.2) is 0 Å². The number of nitrogens with zero attached hydrogens (tertiary/aromatic N) is 2. The Morgan fingerprint density at radius 3 is 2.82 bits per heavy atom. The van der Waals surface area contributed by atoms with E-state index in [2.05, 4.69) is 15.3 Å². The Labute approximate surface area is 98.8 Å². The molecule has 2 rings (SSSR count). The summed E-state index contributed by atoms with van der Waals surface area (Å²) in [6.45, 7) is 1.81. The number of carbonyl (C=O) groups excluding carboxylic acids is 1. The first-order valence-corrected chi connectivity index (χ1v) is 5.19. The topological polar surface area (TPSA) is 64.1 Å². The van der Waals surface area contributed by atoms with E-state index >= 15 is 0 Å². The van der Waals surface area contributed by atoms with E-state index in [1.54, 1.807) is 19.3 Å². The van der Waals surface area contributed by atoms with Crippen LogP contribution in [0.3, 0.4) is 0 Å². The lowest BCUT2D eigenvalue weighted by Gasteiger charge is -2.09. The molecule has 0 aliphatic carbocycles. The molecule has 1 aromatic heterocycles. The van der Waals surface area contributed by atoms with E-state index in [1.165, 1.54) is 7.11 Å². The molecule has 0 bridgehead atoms. The van der Waals surface area contributed by atoms with Crippen LogP contribution in [0.2, 0.25) is 0 Å². The summed E-state index contributed by atoms with van der Waals surface area (Å²) in [4.78, 5) is 20.0. The Morgan fingerprint density at radius 2 is 2.18 bits per heavy atom. The molecule has 0 fully saturated rings. The van der Waals surface area contributed by atoms with E-state index < -0.39 is 0 Å². The summed E-state index contributed by atoms with van der Waals surface area (Å²) in [5.74, 6) is 0.290. The number of anilines is 1. The van der Waals surface area contributed by atoms with Gasteiger partial charge in [-0.05, 0) is 19.1 Å². The highest BCUT2D eigenvalue weighted by Crippen LogP contribution is 2.23. The first-order chi connectivity index (χ1) is 8.15. The number of benzene rings is 1. The summed E-state index contributed by atoms with van der Waals surface area (Å²) in [6.07, 6.45) is 1.74. The van der Waals surface area contributed by atoms with Crippen LogP contribution in [0.15, 0.2) is 18.3 Å². The molecule has 0 aliphatic rings. The second-order valence-corrected chi connectivity index (χ2v) is 3.62. The predicted molar refractivity (Wildman–Crippen MR) is 65.2 cm³/mol. The van der Waals surface area contributed by atoms with Gasteiger partial charge in [0.2, 0.25) is 0 Å². The molecule has 0 radical (unpaired) electrons. The van der Waals surface area contributed by atoms with E-state index in [0.29, 0.717) is 17.1 Å². The van der Waals surface area contributed by atoms with Crippen LogP contribution in [0.5, 0.6) is 0 Å². The van der Waals surface area contributed by atoms with E-state index in [-0.39, 0.29) is 5.97 Å².